The van der Waals surface area contributed by atoms with Crippen LogP contribution in [0.5, 0.6) is 5.75 Å². The van der Waals surface area contributed by atoms with Gasteiger partial charge in [-0.25, -0.2) is 4.79 Å². The number of methoxy groups -OCH3 is 1. The van der Waals surface area contributed by atoms with Crippen molar-refractivity contribution >= 4 is 21.9 Å². The van der Waals surface area contributed by atoms with Crippen molar-refractivity contribution in [2.75, 3.05) is 7.11 Å². The van der Waals surface area contributed by atoms with Crippen molar-refractivity contribution in [2.24, 2.45) is 0 Å². The zero-order chi connectivity index (χ0) is 14.5. The van der Waals surface area contributed by atoms with E-state index in [1.807, 2.05) is 37.3 Å². The summed E-state index contributed by atoms with van der Waals surface area (Å²) in [4.78, 5) is 11.7. The number of halogens is 1. The molecule has 0 heterocycles. The third kappa shape index (κ3) is 3.39. The van der Waals surface area contributed by atoms with E-state index in [1.54, 1.807) is 12.1 Å². The molecule has 0 fully saturated rings. The predicted octanol–water partition coefficient (Wildman–Crippen LogP) is 4.12. The largest absolute Gasteiger partial charge is 0.488 e. The van der Waals surface area contributed by atoms with Crippen LogP contribution < -0.4 is 4.74 Å². The zero-order valence-electron chi connectivity index (χ0n) is 11.4. The molecule has 0 spiro atoms. The molecule has 2 aromatic rings. The fourth-order valence-corrected chi connectivity index (χ4v) is 2.19. The maximum Gasteiger partial charge on any atom is 0.341 e. The first-order valence-corrected chi connectivity index (χ1v) is 6.96. The normalized spacial score (nSPS) is 10.2. The number of ether oxygens (including phenoxy) is 2. The van der Waals surface area contributed by atoms with Crippen LogP contribution in [0.2, 0.25) is 0 Å². The van der Waals surface area contributed by atoms with E-state index in [-0.39, 0.29) is 0 Å². The molecular formula is C16H15BrO3. The van der Waals surface area contributed by atoms with Gasteiger partial charge in [-0.1, -0.05) is 40.2 Å². The monoisotopic (exact) mass is 334 g/mol. The predicted molar refractivity (Wildman–Crippen MR) is 81.0 cm³/mol. The molecule has 0 atom stereocenters. The second-order valence-corrected chi connectivity index (χ2v) is 5.26. The van der Waals surface area contributed by atoms with Crippen LogP contribution in [-0.2, 0) is 11.3 Å². The highest BCUT2D eigenvalue weighted by Gasteiger charge is 2.14. The number of hydrogen-bond donors (Lipinski definition) is 0. The third-order valence-electron chi connectivity index (χ3n) is 2.99. The van der Waals surface area contributed by atoms with Gasteiger partial charge >= 0.3 is 5.97 Å². The Morgan fingerprint density at radius 1 is 1.20 bits per heavy atom. The Labute approximate surface area is 126 Å². The maximum absolute atomic E-state index is 11.7. The highest BCUT2D eigenvalue weighted by molar-refractivity contribution is 9.10. The number of esters is 1. The Morgan fingerprint density at radius 2 is 1.95 bits per heavy atom. The van der Waals surface area contributed by atoms with E-state index in [0.29, 0.717) is 17.9 Å². The first-order valence-electron chi connectivity index (χ1n) is 6.17. The number of hydrogen-bond acceptors (Lipinski definition) is 3. The van der Waals surface area contributed by atoms with Gasteiger partial charge in [0.05, 0.1) is 7.11 Å². The van der Waals surface area contributed by atoms with Gasteiger partial charge in [0.15, 0.2) is 0 Å². The van der Waals surface area contributed by atoms with Crippen molar-refractivity contribution in [1.82, 2.24) is 0 Å². The second kappa shape index (κ2) is 6.57. The van der Waals surface area contributed by atoms with Gasteiger partial charge in [-0.3, -0.25) is 0 Å². The number of benzene rings is 2. The lowest BCUT2D eigenvalue weighted by Gasteiger charge is -2.12. The van der Waals surface area contributed by atoms with E-state index < -0.39 is 5.97 Å². The first kappa shape index (κ1) is 14.6. The molecule has 0 aliphatic heterocycles. The topological polar surface area (TPSA) is 35.5 Å². The van der Waals surface area contributed by atoms with E-state index in [0.717, 1.165) is 15.6 Å². The lowest BCUT2D eigenvalue weighted by molar-refractivity contribution is 0.0595. The Bertz CT molecular complexity index is 623. The zero-order valence-corrected chi connectivity index (χ0v) is 12.9. The summed E-state index contributed by atoms with van der Waals surface area (Å²) in [5, 5.41) is 0. The number of carbonyl (C=O) groups excluding carboxylic acids is 1. The molecule has 0 aromatic heterocycles. The smallest absolute Gasteiger partial charge is 0.341 e. The summed E-state index contributed by atoms with van der Waals surface area (Å²) >= 11 is 3.34. The van der Waals surface area contributed by atoms with Crippen LogP contribution in [0.25, 0.3) is 0 Å². The lowest BCUT2D eigenvalue weighted by atomic mass is 10.1. The molecule has 2 rings (SSSR count). The highest BCUT2D eigenvalue weighted by Crippen LogP contribution is 2.25. The quantitative estimate of drug-likeness (QED) is 0.789. The van der Waals surface area contributed by atoms with E-state index in [4.69, 9.17) is 9.47 Å². The van der Waals surface area contributed by atoms with Gasteiger partial charge in [-0.2, -0.15) is 0 Å². The summed E-state index contributed by atoms with van der Waals surface area (Å²) in [5.41, 5.74) is 2.66. The molecule has 0 saturated heterocycles. The van der Waals surface area contributed by atoms with Gasteiger partial charge in [0, 0.05) is 4.47 Å². The van der Waals surface area contributed by atoms with Crippen molar-refractivity contribution in [2.45, 2.75) is 13.5 Å². The highest BCUT2D eigenvalue weighted by atomic mass is 79.9. The van der Waals surface area contributed by atoms with Crippen molar-refractivity contribution in [3.63, 3.8) is 0 Å². The average molecular weight is 335 g/mol. The number of aryl methyl sites for hydroxylation is 1. The van der Waals surface area contributed by atoms with Crippen LogP contribution in [0.3, 0.4) is 0 Å². The Hall–Kier alpha value is -1.81. The summed E-state index contributed by atoms with van der Waals surface area (Å²) in [6, 6.07) is 13.3. The van der Waals surface area contributed by atoms with Crippen molar-refractivity contribution in [3.8, 4) is 5.75 Å². The van der Waals surface area contributed by atoms with Crippen molar-refractivity contribution in [3.05, 3.63) is 63.6 Å². The van der Waals surface area contributed by atoms with E-state index in [9.17, 15) is 4.79 Å². The van der Waals surface area contributed by atoms with Crippen LogP contribution in [0.15, 0.2) is 46.9 Å². The molecule has 20 heavy (non-hydrogen) atoms. The van der Waals surface area contributed by atoms with E-state index in [1.165, 1.54) is 7.11 Å². The number of rotatable bonds is 4. The molecule has 4 heteroatoms. The van der Waals surface area contributed by atoms with Gasteiger partial charge in [0.25, 0.3) is 0 Å². The third-order valence-corrected chi connectivity index (χ3v) is 3.48. The molecule has 3 nitrogen and oxygen atoms in total. The molecule has 0 unspecified atom stereocenters. The number of carbonyl (C=O) groups is 1. The van der Waals surface area contributed by atoms with Crippen molar-refractivity contribution < 1.29 is 14.3 Å². The molecule has 0 N–H and O–H groups in total. The molecule has 0 radical (unpaired) electrons. The summed E-state index contributed by atoms with van der Waals surface area (Å²) < 4.78 is 11.3. The van der Waals surface area contributed by atoms with E-state index >= 15 is 0 Å². The molecule has 104 valence electrons. The molecule has 0 bridgehead atoms. The van der Waals surface area contributed by atoms with Gasteiger partial charge in [-0.15, -0.1) is 0 Å². The van der Waals surface area contributed by atoms with Gasteiger partial charge in [0.1, 0.15) is 17.9 Å². The first-order chi connectivity index (χ1) is 9.61. The van der Waals surface area contributed by atoms with Crippen molar-refractivity contribution in [1.29, 1.82) is 0 Å². The molecule has 0 saturated carbocycles. The van der Waals surface area contributed by atoms with Crippen LogP contribution in [0.1, 0.15) is 21.5 Å². The minimum Gasteiger partial charge on any atom is -0.488 e. The molecule has 0 aliphatic rings. The molecule has 2 aromatic carbocycles. The van der Waals surface area contributed by atoms with E-state index in [2.05, 4.69) is 15.9 Å². The molecular weight excluding hydrogens is 320 g/mol. The van der Waals surface area contributed by atoms with Crippen LogP contribution in [0.4, 0.5) is 0 Å². The second-order valence-electron chi connectivity index (χ2n) is 4.35. The lowest BCUT2D eigenvalue weighted by Crippen LogP contribution is -2.06. The van der Waals surface area contributed by atoms with Crippen LogP contribution >= 0.6 is 15.9 Å². The van der Waals surface area contributed by atoms with Crippen LogP contribution in [-0.4, -0.2) is 13.1 Å². The Morgan fingerprint density at radius 3 is 2.65 bits per heavy atom. The Balaban J connectivity index is 2.21. The summed E-state index contributed by atoms with van der Waals surface area (Å²) in [7, 11) is 1.36. The summed E-state index contributed by atoms with van der Waals surface area (Å²) in [6.07, 6.45) is 0. The SMILES string of the molecule is COC(=O)c1cc(Br)ccc1OCc1ccccc1C. The van der Waals surface area contributed by atoms with Gasteiger partial charge in [0.2, 0.25) is 0 Å². The molecule has 0 aliphatic carbocycles. The van der Waals surface area contributed by atoms with Crippen LogP contribution in [0, 0.1) is 6.92 Å². The van der Waals surface area contributed by atoms with Gasteiger partial charge < -0.3 is 9.47 Å². The maximum atomic E-state index is 11.7. The van der Waals surface area contributed by atoms with Gasteiger partial charge in [-0.05, 0) is 36.2 Å². The standard InChI is InChI=1S/C16H15BrO3/c1-11-5-3-4-6-12(11)10-20-15-8-7-13(17)9-14(15)16(18)19-2/h3-9H,10H2,1-2H3. The Kier molecular flexibility index (Phi) is 4.79. The summed E-state index contributed by atoms with van der Waals surface area (Å²) in [6.45, 7) is 2.44. The molecule has 0 amide bonds. The summed E-state index contributed by atoms with van der Waals surface area (Å²) in [5.74, 6) is 0.106. The minimum absolute atomic E-state index is 0.411. The fourth-order valence-electron chi connectivity index (χ4n) is 1.83. The minimum atomic E-state index is -0.411. The fraction of sp³-hybridized carbons (Fsp3) is 0.188. The average Bonchev–Trinajstić information content (AvgIpc) is 2.46.